The van der Waals surface area contributed by atoms with Gasteiger partial charge in [-0.3, -0.25) is 14.9 Å². The molecular formula is C23H28BrClN2O3. The van der Waals surface area contributed by atoms with Gasteiger partial charge in [0.1, 0.15) is 0 Å². The first-order chi connectivity index (χ1) is 13.9. The molecule has 0 amide bonds. The molecule has 0 heterocycles. The summed E-state index contributed by atoms with van der Waals surface area (Å²) < 4.78 is 0.935. The Balaban J connectivity index is 0.00000320. The van der Waals surface area contributed by atoms with Crippen LogP contribution in [-0.2, 0) is 0 Å². The zero-order chi connectivity index (χ0) is 20.8. The lowest BCUT2D eigenvalue weighted by Crippen LogP contribution is -2.35. The van der Waals surface area contributed by atoms with Gasteiger partial charge in [0.25, 0.3) is 5.69 Å². The van der Waals surface area contributed by atoms with Gasteiger partial charge in [-0.2, -0.15) is 0 Å². The SMILES string of the molecule is CN(CCCC(=O)c1cccc(Br)c1)C1CCC(c2ccc([N+](=O)[O-])cc2)CC1.Cl. The van der Waals surface area contributed by atoms with Crippen molar-refractivity contribution in [2.75, 3.05) is 13.6 Å². The van der Waals surface area contributed by atoms with Crippen LogP contribution in [0.4, 0.5) is 5.69 Å². The maximum absolute atomic E-state index is 12.3. The minimum atomic E-state index is -0.350. The maximum atomic E-state index is 12.3. The van der Waals surface area contributed by atoms with Gasteiger partial charge in [-0.15, -0.1) is 12.4 Å². The number of nitrogens with zero attached hydrogens (tertiary/aromatic N) is 2. The van der Waals surface area contributed by atoms with Crippen molar-refractivity contribution in [2.45, 2.75) is 50.5 Å². The van der Waals surface area contributed by atoms with Crippen molar-refractivity contribution in [3.05, 3.63) is 74.2 Å². The van der Waals surface area contributed by atoms with Gasteiger partial charge in [0.15, 0.2) is 5.78 Å². The fourth-order valence-corrected chi connectivity index (χ4v) is 4.60. The highest BCUT2D eigenvalue weighted by molar-refractivity contribution is 9.10. The molecule has 7 heteroatoms. The van der Waals surface area contributed by atoms with Gasteiger partial charge in [-0.05, 0) is 69.3 Å². The Hall–Kier alpha value is -1.76. The summed E-state index contributed by atoms with van der Waals surface area (Å²) in [5.41, 5.74) is 2.13. The fourth-order valence-electron chi connectivity index (χ4n) is 4.20. The zero-order valence-electron chi connectivity index (χ0n) is 17.1. The van der Waals surface area contributed by atoms with Crippen LogP contribution < -0.4 is 0 Å². The molecule has 5 nitrogen and oxygen atoms in total. The number of hydrogen-bond acceptors (Lipinski definition) is 4. The first-order valence-corrected chi connectivity index (χ1v) is 11.0. The van der Waals surface area contributed by atoms with E-state index in [-0.39, 0.29) is 28.8 Å². The third kappa shape index (κ3) is 6.62. The molecule has 3 rings (SSSR count). The number of carbonyl (C=O) groups is 1. The van der Waals surface area contributed by atoms with Crippen molar-refractivity contribution in [2.24, 2.45) is 0 Å². The van der Waals surface area contributed by atoms with Crippen LogP contribution in [0.15, 0.2) is 53.0 Å². The second-order valence-corrected chi connectivity index (χ2v) is 8.79. The monoisotopic (exact) mass is 494 g/mol. The molecule has 1 saturated carbocycles. The van der Waals surface area contributed by atoms with Gasteiger partial charge in [-0.25, -0.2) is 0 Å². The van der Waals surface area contributed by atoms with Gasteiger partial charge in [0, 0.05) is 34.6 Å². The van der Waals surface area contributed by atoms with E-state index in [0.717, 1.165) is 48.7 Å². The van der Waals surface area contributed by atoms with Gasteiger partial charge in [0.05, 0.1) is 4.92 Å². The van der Waals surface area contributed by atoms with Gasteiger partial charge < -0.3 is 4.90 Å². The lowest BCUT2D eigenvalue weighted by molar-refractivity contribution is -0.384. The molecule has 0 aliphatic heterocycles. The predicted molar refractivity (Wildman–Crippen MR) is 126 cm³/mol. The number of hydrogen-bond donors (Lipinski definition) is 0. The predicted octanol–water partition coefficient (Wildman–Crippen LogP) is 6.40. The van der Waals surface area contributed by atoms with Crippen LogP contribution in [0.3, 0.4) is 0 Å². The minimum Gasteiger partial charge on any atom is -0.303 e. The van der Waals surface area contributed by atoms with Crippen molar-refractivity contribution in [1.82, 2.24) is 4.90 Å². The molecule has 0 spiro atoms. The fraction of sp³-hybridized carbons (Fsp3) is 0.435. The summed E-state index contributed by atoms with van der Waals surface area (Å²) in [6, 6.07) is 15.1. The van der Waals surface area contributed by atoms with Crippen molar-refractivity contribution in [3.8, 4) is 0 Å². The Labute approximate surface area is 192 Å². The van der Waals surface area contributed by atoms with Crippen LogP contribution in [0.5, 0.6) is 0 Å². The van der Waals surface area contributed by atoms with Crippen LogP contribution in [-0.4, -0.2) is 35.2 Å². The van der Waals surface area contributed by atoms with Crippen molar-refractivity contribution < 1.29 is 9.72 Å². The third-order valence-corrected chi connectivity index (χ3v) is 6.45. The van der Waals surface area contributed by atoms with Gasteiger partial charge in [-0.1, -0.05) is 40.2 Å². The second kappa shape index (κ2) is 11.6. The standard InChI is InChI=1S/C23H27BrN2O3.ClH/c1-25(15-3-6-23(27)19-4-2-5-20(24)16-19)21-11-7-17(8-12-21)18-9-13-22(14-10-18)26(28)29;/h2,4-5,9-10,13-14,16-17,21H,3,6-8,11-12,15H2,1H3;1H. The summed E-state index contributed by atoms with van der Waals surface area (Å²) in [5.74, 6) is 0.681. The molecule has 0 N–H and O–H groups in total. The summed E-state index contributed by atoms with van der Waals surface area (Å²) in [5, 5.41) is 10.8. The summed E-state index contributed by atoms with van der Waals surface area (Å²) in [6.45, 7) is 0.923. The van der Waals surface area contributed by atoms with Crippen LogP contribution >= 0.6 is 28.3 Å². The number of benzene rings is 2. The van der Waals surface area contributed by atoms with E-state index < -0.39 is 0 Å². The smallest absolute Gasteiger partial charge is 0.269 e. The Kier molecular flexibility index (Phi) is 9.46. The van der Waals surface area contributed by atoms with E-state index in [9.17, 15) is 14.9 Å². The van der Waals surface area contributed by atoms with Crippen molar-refractivity contribution in [3.63, 3.8) is 0 Å². The first-order valence-electron chi connectivity index (χ1n) is 10.2. The summed E-state index contributed by atoms with van der Waals surface area (Å²) in [6.07, 6.45) is 5.88. The molecule has 1 aliphatic rings. The van der Waals surface area contributed by atoms with E-state index in [1.165, 1.54) is 5.56 Å². The highest BCUT2D eigenvalue weighted by Crippen LogP contribution is 2.35. The van der Waals surface area contributed by atoms with Crippen LogP contribution in [0.2, 0.25) is 0 Å². The van der Waals surface area contributed by atoms with Crippen molar-refractivity contribution in [1.29, 1.82) is 0 Å². The Morgan fingerprint density at radius 3 is 2.40 bits per heavy atom. The van der Waals surface area contributed by atoms with E-state index >= 15 is 0 Å². The minimum absolute atomic E-state index is 0. The molecule has 1 aliphatic carbocycles. The third-order valence-electron chi connectivity index (χ3n) is 5.96. The zero-order valence-corrected chi connectivity index (χ0v) is 19.5. The number of ketones is 1. The molecule has 2 aromatic rings. The summed E-state index contributed by atoms with van der Waals surface area (Å²) in [7, 11) is 2.15. The van der Waals surface area contributed by atoms with Gasteiger partial charge >= 0.3 is 0 Å². The normalized spacial score (nSPS) is 18.6. The number of nitro groups is 1. The molecule has 0 unspecified atom stereocenters. The highest BCUT2D eigenvalue weighted by Gasteiger charge is 2.25. The average molecular weight is 496 g/mol. The molecule has 2 aromatic carbocycles. The molecule has 0 aromatic heterocycles. The largest absolute Gasteiger partial charge is 0.303 e. The number of carbonyl (C=O) groups excluding carboxylic acids is 1. The Morgan fingerprint density at radius 2 is 1.80 bits per heavy atom. The lowest BCUT2D eigenvalue weighted by atomic mass is 9.81. The average Bonchev–Trinajstić information content (AvgIpc) is 2.73. The van der Waals surface area contributed by atoms with Crippen LogP contribution in [0.1, 0.15) is 60.4 Å². The van der Waals surface area contributed by atoms with E-state index in [1.54, 1.807) is 12.1 Å². The first kappa shape index (κ1) is 24.5. The molecule has 1 fully saturated rings. The molecule has 0 atom stereocenters. The molecular weight excluding hydrogens is 468 g/mol. The topological polar surface area (TPSA) is 63.5 Å². The summed E-state index contributed by atoms with van der Waals surface area (Å²) >= 11 is 3.42. The quantitative estimate of drug-likeness (QED) is 0.241. The lowest BCUT2D eigenvalue weighted by Gasteiger charge is -2.35. The molecule has 0 radical (unpaired) electrons. The molecule has 162 valence electrons. The number of nitro benzene ring substituents is 1. The number of Topliss-reactive ketones (excluding diaryl/α,β-unsaturated/α-hetero) is 1. The number of non-ortho nitro benzene ring substituents is 1. The molecule has 0 bridgehead atoms. The van der Waals surface area contributed by atoms with Crippen LogP contribution in [0, 0.1) is 10.1 Å². The van der Waals surface area contributed by atoms with E-state index in [0.29, 0.717) is 18.4 Å². The molecule has 30 heavy (non-hydrogen) atoms. The molecule has 0 saturated heterocycles. The van der Waals surface area contributed by atoms with E-state index in [2.05, 4.69) is 27.9 Å². The Bertz CT molecular complexity index is 852. The van der Waals surface area contributed by atoms with E-state index in [1.807, 2.05) is 36.4 Å². The van der Waals surface area contributed by atoms with Crippen LogP contribution in [0.25, 0.3) is 0 Å². The van der Waals surface area contributed by atoms with Crippen molar-refractivity contribution >= 4 is 39.8 Å². The second-order valence-electron chi connectivity index (χ2n) is 7.87. The number of rotatable bonds is 8. The maximum Gasteiger partial charge on any atom is 0.269 e. The highest BCUT2D eigenvalue weighted by atomic mass is 79.9. The Morgan fingerprint density at radius 1 is 1.13 bits per heavy atom. The summed E-state index contributed by atoms with van der Waals surface area (Å²) in [4.78, 5) is 25.2. The number of halogens is 2. The van der Waals surface area contributed by atoms with E-state index in [4.69, 9.17) is 0 Å². The van der Waals surface area contributed by atoms with Gasteiger partial charge in [0.2, 0.25) is 0 Å².